The van der Waals surface area contributed by atoms with Gasteiger partial charge in [-0.3, -0.25) is 0 Å². The van der Waals surface area contributed by atoms with E-state index < -0.39 is 5.97 Å². The lowest BCUT2D eigenvalue weighted by Crippen LogP contribution is -2.00. The van der Waals surface area contributed by atoms with Crippen LogP contribution in [-0.4, -0.2) is 16.1 Å². The molecule has 1 N–H and O–H groups in total. The monoisotopic (exact) mass is 253 g/mol. The van der Waals surface area contributed by atoms with Crippen LogP contribution in [0.1, 0.15) is 16.1 Å². The summed E-state index contributed by atoms with van der Waals surface area (Å²) in [6.45, 7) is 1.95. The number of carboxylic acid groups (broad SMARTS) is 1. The van der Waals surface area contributed by atoms with E-state index in [0.717, 1.165) is 22.1 Å². The first-order valence-electron chi connectivity index (χ1n) is 5.84. The summed E-state index contributed by atoms with van der Waals surface area (Å²) in [4.78, 5) is 15.2. The molecule has 0 bridgehead atoms. The minimum Gasteiger partial charge on any atom is -0.477 e. The number of nitrogens with zero attached hydrogens (tertiary/aromatic N) is 1. The van der Waals surface area contributed by atoms with E-state index in [9.17, 15) is 4.79 Å². The van der Waals surface area contributed by atoms with Gasteiger partial charge in [-0.1, -0.05) is 18.2 Å². The minimum absolute atomic E-state index is 0.0376. The lowest BCUT2D eigenvalue weighted by molar-refractivity contribution is 0.0690. The number of pyridine rings is 1. The molecule has 0 amide bonds. The maximum Gasteiger partial charge on any atom is 0.354 e. The number of fused-ring (bicyclic) bond motifs is 1. The molecule has 0 atom stereocenters. The fourth-order valence-electron chi connectivity index (χ4n) is 2.16. The Morgan fingerprint density at radius 2 is 2.00 bits per heavy atom. The summed E-state index contributed by atoms with van der Waals surface area (Å²) in [5, 5.41) is 9.97. The Bertz CT molecular complexity index is 774. The number of furan rings is 1. The molecule has 1 aromatic carbocycles. The Hall–Kier alpha value is -2.62. The van der Waals surface area contributed by atoms with Gasteiger partial charge in [0.05, 0.1) is 12.0 Å². The summed E-state index contributed by atoms with van der Waals surface area (Å²) < 4.78 is 5.44. The smallest absolute Gasteiger partial charge is 0.354 e. The zero-order valence-electron chi connectivity index (χ0n) is 10.3. The number of hydrogen-bond donors (Lipinski definition) is 1. The van der Waals surface area contributed by atoms with Crippen molar-refractivity contribution >= 4 is 16.9 Å². The molecule has 3 rings (SSSR count). The highest BCUT2D eigenvalue weighted by Gasteiger charge is 2.12. The molecule has 2 heterocycles. The lowest BCUT2D eigenvalue weighted by Gasteiger charge is -2.04. The third kappa shape index (κ3) is 1.87. The van der Waals surface area contributed by atoms with E-state index in [1.54, 1.807) is 18.4 Å². The second-order valence-corrected chi connectivity index (χ2v) is 4.31. The molecule has 3 aromatic rings. The maximum atomic E-state index is 11.0. The van der Waals surface area contributed by atoms with Crippen LogP contribution in [0.2, 0.25) is 0 Å². The summed E-state index contributed by atoms with van der Waals surface area (Å²) in [5.41, 5.74) is 3.34. The predicted molar refractivity (Wildman–Crippen MR) is 71.1 cm³/mol. The maximum absolute atomic E-state index is 11.0. The van der Waals surface area contributed by atoms with Crippen molar-refractivity contribution < 1.29 is 14.3 Å². The lowest BCUT2D eigenvalue weighted by atomic mass is 10.0. The third-order valence-electron chi connectivity index (χ3n) is 3.03. The molecule has 0 saturated heterocycles. The van der Waals surface area contributed by atoms with E-state index in [1.165, 1.54) is 6.07 Å². The zero-order chi connectivity index (χ0) is 13.4. The van der Waals surface area contributed by atoms with Crippen LogP contribution >= 0.6 is 0 Å². The summed E-state index contributed by atoms with van der Waals surface area (Å²) in [6, 6.07) is 10.6. The highest BCUT2D eigenvalue weighted by molar-refractivity contribution is 5.96. The molecule has 0 saturated carbocycles. The Morgan fingerprint density at radius 1 is 1.21 bits per heavy atom. The van der Waals surface area contributed by atoms with Crippen molar-refractivity contribution in [3.63, 3.8) is 0 Å². The number of rotatable bonds is 2. The van der Waals surface area contributed by atoms with Gasteiger partial charge in [-0.15, -0.1) is 0 Å². The average molecular weight is 253 g/mol. The van der Waals surface area contributed by atoms with E-state index in [0.29, 0.717) is 5.69 Å². The second-order valence-electron chi connectivity index (χ2n) is 4.31. The normalized spacial score (nSPS) is 10.8. The topological polar surface area (TPSA) is 63.3 Å². The van der Waals surface area contributed by atoms with Crippen LogP contribution < -0.4 is 0 Å². The van der Waals surface area contributed by atoms with Gasteiger partial charge in [-0.05, 0) is 30.7 Å². The van der Waals surface area contributed by atoms with E-state index >= 15 is 0 Å². The van der Waals surface area contributed by atoms with Gasteiger partial charge in [0.25, 0.3) is 0 Å². The fraction of sp³-hybridized carbons (Fsp3) is 0.0667. The van der Waals surface area contributed by atoms with Crippen molar-refractivity contribution in [3.8, 4) is 11.3 Å². The first kappa shape index (κ1) is 11.5. The Balaban J connectivity index is 2.27. The van der Waals surface area contributed by atoms with Gasteiger partial charge < -0.3 is 9.52 Å². The van der Waals surface area contributed by atoms with Gasteiger partial charge in [0.15, 0.2) is 0 Å². The number of aromatic nitrogens is 1. The van der Waals surface area contributed by atoms with E-state index in [1.807, 2.05) is 25.1 Å². The van der Waals surface area contributed by atoms with Crippen molar-refractivity contribution in [1.82, 2.24) is 4.98 Å². The first-order chi connectivity index (χ1) is 9.16. The molecule has 0 spiro atoms. The van der Waals surface area contributed by atoms with Crippen LogP contribution in [0.3, 0.4) is 0 Å². The Kier molecular flexibility index (Phi) is 2.56. The molecule has 0 aliphatic heterocycles. The summed E-state index contributed by atoms with van der Waals surface area (Å²) >= 11 is 0. The van der Waals surface area contributed by atoms with Crippen LogP contribution in [-0.2, 0) is 0 Å². The quantitative estimate of drug-likeness (QED) is 0.759. The number of carboxylic acids is 1. The molecule has 19 heavy (non-hydrogen) atoms. The van der Waals surface area contributed by atoms with Crippen molar-refractivity contribution in [2.75, 3.05) is 0 Å². The van der Waals surface area contributed by atoms with Crippen LogP contribution in [0.15, 0.2) is 47.1 Å². The van der Waals surface area contributed by atoms with Gasteiger partial charge in [0.2, 0.25) is 0 Å². The van der Waals surface area contributed by atoms with Gasteiger partial charge in [-0.2, -0.15) is 0 Å². The highest BCUT2D eigenvalue weighted by Crippen LogP contribution is 2.31. The molecule has 4 nitrogen and oxygen atoms in total. The van der Waals surface area contributed by atoms with Crippen molar-refractivity contribution in [2.24, 2.45) is 0 Å². The van der Waals surface area contributed by atoms with Gasteiger partial charge in [-0.25, -0.2) is 9.78 Å². The highest BCUT2D eigenvalue weighted by atomic mass is 16.4. The number of aryl methyl sites for hydroxylation is 1. The standard InChI is InChI=1S/C15H11NO3/c1-9-8-19-13-7-2-4-10(14(9)13)11-5-3-6-12(16-11)15(17)18/h2-8H,1H3,(H,17,18). The van der Waals surface area contributed by atoms with Gasteiger partial charge >= 0.3 is 5.97 Å². The van der Waals surface area contributed by atoms with E-state index in [-0.39, 0.29) is 5.69 Å². The second kappa shape index (κ2) is 4.24. The van der Waals surface area contributed by atoms with Crippen LogP contribution in [0, 0.1) is 6.92 Å². The van der Waals surface area contributed by atoms with E-state index in [2.05, 4.69) is 4.98 Å². The van der Waals surface area contributed by atoms with Crippen molar-refractivity contribution in [3.05, 3.63) is 53.9 Å². The fourth-order valence-corrected chi connectivity index (χ4v) is 2.16. The number of carbonyl (C=O) groups is 1. The molecule has 0 aliphatic carbocycles. The Morgan fingerprint density at radius 3 is 2.79 bits per heavy atom. The number of aromatic carboxylic acids is 1. The Labute approximate surface area is 109 Å². The largest absolute Gasteiger partial charge is 0.477 e. The molecular weight excluding hydrogens is 242 g/mol. The van der Waals surface area contributed by atoms with Crippen LogP contribution in [0.4, 0.5) is 0 Å². The third-order valence-corrected chi connectivity index (χ3v) is 3.03. The molecule has 0 unspecified atom stereocenters. The molecule has 94 valence electrons. The van der Waals surface area contributed by atoms with E-state index in [4.69, 9.17) is 9.52 Å². The summed E-state index contributed by atoms with van der Waals surface area (Å²) in [6.07, 6.45) is 1.69. The SMILES string of the molecule is Cc1coc2cccc(-c3cccc(C(=O)O)n3)c12. The number of hydrogen-bond acceptors (Lipinski definition) is 3. The van der Waals surface area contributed by atoms with Gasteiger partial charge in [0, 0.05) is 10.9 Å². The molecule has 0 aliphatic rings. The summed E-state index contributed by atoms with van der Waals surface area (Å²) in [7, 11) is 0. The summed E-state index contributed by atoms with van der Waals surface area (Å²) in [5.74, 6) is -1.03. The van der Waals surface area contributed by atoms with Crippen LogP contribution in [0.5, 0.6) is 0 Å². The molecular formula is C15H11NO3. The number of benzene rings is 1. The predicted octanol–water partition coefficient (Wildman–Crippen LogP) is 3.50. The van der Waals surface area contributed by atoms with Crippen molar-refractivity contribution in [2.45, 2.75) is 6.92 Å². The zero-order valence-corrected chi connectivity index (χ0v) is 10.3. The molecule has 4 heteroatoms. The molecule has 0 radical (unpaired) electrons. The van der Waals surface area contributed by atoms with Crippen LogP contribution in [0.25, 0.3) is 22.2 Å². The van der Waals surface area contributed by atoms with Gasteiger partial charge in [0.1, 0.15) is 11.3 Å². The molecule has 0 fully saturated rings. The average Bonchev–Trinajstić information content (AvgIpc) is 2.81. The minimum atomic E-state index is -1.03. The molecule has 2 aromatic heterocycles. The van der Waals surface area contributed by atoms with Crippen molar-refractivity contribution in [1.29, 1.82) is 0 Å². The first-order valence-corrected chi connectivity index (χ1v) is 5.84.